The number of hydrogen-bond acceptors (Lipinski definition) is 2. The Morgan fingerprint density at radius 2 is 2.25 bits per heavy atom. The van der Waals surface area contributed by atoms with Gasteiger partial charge in [-0.1, -0.05) is 0 Å². The lowest BCUT2D eigenvalue weighted by Gasteiger charge is -1.97. The van der Waals surface area contributed by atoms with Crippen molar-refractivity contribution in [3.8, 4) is 5.75 Å². The van der Waals surface area contributed by atoms with Crippen LogP contribution in [0.5, 0.6) is 5.75 Å². The first-order chi connectivity index (χ1) is 5.65. The summed E-state index contributed by atoms with van der Waals surface area (Å²) in [6, 6.07) is 4.73. The van der Waals surface area contributed by atoms with Gasteiger partial charge < -0.3 is 4.74 Å². The van der Waals surface area contributed by atoms with Crippen LogP contribution in [0.4, 0.5) is 5.69 Å². The first kappa shape index (κ1) is 8.99. The van der Waals surface area contributed by atoms with Gasteiger partial charge in [0.25, 0.3) is 4.92 Å². The normalized spacial score (nSPS) is 9.50. The average Bonchev–Trinajstić information content (AvgIpc) is 2.05. The molecule has 0 aliphatic heterocycles. The van der Waals surface area contributed by atoms with E-state index >= 15 is 0 Å². The van der Waals surface area contributed by atoms with E-state index in [1.54, 1.807) is 12.1 Å². The summed E-state index contributed by atoms with van der Waals surface area (Å²) in [7, 11) is 1.49. The van der Waals surface area contributed by atoms with Crippen molar-refractivity contribution in [2.45, 2.75) is 0 Å². The van der Waals surface area contributed by atoms with Crippen LogP contribution in [-0.4, -0.2) is 17.2 Å². The Balaban J connectivity index is 3.17. The lowest BCUT2D eigenvalue weighted by molar-refractivity contribution is -0.730. The smallest absolute Gasteiger partial charge is 0.334 e. The molecule has 1 aromatic rings. The predicted molar refractivity (Wildman–Crippen MR) is 45.8 cm³/mol. The van der Waals surface area contributed by atoms with Gasteiger partial charge in [0.05, 0.1) is 22.6 Å². The molecule has 0 aliphatic carbocycles. The van der Waals surface area contributed by atoms with Gasteiger partial charge in [-0.3, -0.25) is 0 Å². The second-order valence-electron chi connectivity index (χ2n) is 2.09. The van der Waals surface area contributed by atoms with Crippen LogP contribution in [0.2, 0.25) is 0 Å². The highest BCUT2D eigenvalue weighted by molar-refractivity contribution is 9.10. The molecule has 1 rings (SSSR count). The fourth-order valence-corrected chi connectivity index (χ4v) is 1.16. The Bertz CT molecular complexity index is 314. The van der Waals surface area contributed by atoms with E-state index in [9.17, 15) is 4.91 Å². The quantitative estimate of drug-likeness (QED) is 0.797. The van der Waals surface area contributed by atoms with Crippen LogP contribution < -0.4 is 4.74 Å². The van der Waals surface area contributed by atoms with Crippen molar-refractivity contribution in [2.24, 2.45) is 0 Å². The minimum absolute atomic E-state index is 0.120. The van der Waals surface area contributed by atoms with Gasteiger partial charge in [-0.2, -0.15) is 0 Å². The highest BCUT2D eigenvalue weighted by atomic mass is 79.9. The summed E-state index contributed by atoms with van der Waals surface area (Å²) in [5.74, 6) is 0.517. The lowest BCUT2D eigenvalue weighted by atomic mass is 10.3. The average molecular weight is 233 g/mol. The fourth-order valence-electron chi connectivity index (χ4n) is 0.766. The van der Waals surface area contributed by atoms with Crippen molar-refractivity contribution in [3.05, 3.63) is 27.6 Å². The van der Waals surface area contributed by atoms with Crippen LogP contribution >= 0.6 is 15.9 Å². The second-order valence-corrected chi connectivity index (χ2v) is 2.94. The van der Waals surface area contributed by atoms with E-state index in [2.05, 4.69) is 15.9 Å². The minimum atomic E-state index is -0.216. The molecule has 0 radical (unpaired) electrons. The SMILES string of the molecule is COc1ccc(Br)c([N+](=O)O)c1. The zero-order valence-corrected chi connectivity index (χ0v) is 7.91. The number of hydrogen-bond donors (Lipinski definition) is 1. The van der Waals surface area contributed by atoms with E-state index in [0.717, 1.165) is 0 Å². The predicted octanol–water partition coefficient (Wildman–Crippen LogP) is 2.26. The first-order valence-electron chi connectivity index (χ1n) is 3.15. The number of rotatable bonds is 2. The molecule has 0 aliphatic rings. The maximum atomic E-state index is 10.5. The monoisotopic (exact) mass is 232 g/mol. The lowest BCUT2D eigenvalue weighted by Crippen LogP contribution is -1.93. The molecule has 0 heterocycles. The Morgan fingerprint density at radius 3 is 2.75 bits per heavy atom. The molecule has 1 aromatic carbocycles. The molecule has 0 unspecified atom stereocenters. The molecule has 0 atom stereocenters. The zero-order valence-electron chi connectivity index (χ0n) is 6.32. The van der Waals surface area contributed by atoms with Crippen LogP contribution in [0, 0.1) is 4.91 Å². The summed E-state index contributed by atoms with van der Waals surface area (Å²) in [4.78, 5) is 10.3. The third-order valence-corrected chi connectivity index (χ3v) is 2.03. The summed E-state index contributed by atoms with van der Waals surface area (Å²) >= 11 is 3.10. The highest BCUT2D eigenvalue weighted by Crippen LogP contribution is 2.28. The van der Waals surface area contributed by atoms with Crippen LogP contribution in [0.1, 0.15) is 0 Å². The highest BCUT2D eigenvalue weighted by Gasteiger charge is 2.17. The maximum Gasteiger partial charge on any atom is 0.334 e. The number of halogens is 1. The van der Waals surface area contributed by atoms with Gasteiger partial charge in [-0.15, -0.1) is 0 Å². The molecule has 0 bridgehead atoms. The van der Waals surface area contributed by atoms with Crippen molar-refractivity contribution >= 4 is 21.6 Å². The molecule has 64 valence electrons. The number of nitrogens with zero attached hydrogens (tertiary/aromatic N) is 1. The molecule has 0 aromatic heterocycles. The third-order valence-electron chi connectivity index (χ3n) is 1.36. The first-order valence-corrected chi connectivity index (χ1v) is 3.94. The topological polar surface area (TPSA) is 49.5 Å². The van der Waals surface area contributed by atoms with Crippen LogP contribution in [0.3, 0.4) is 0 Å². The number of ether oxygens (including phenoxy) is 1. The maximum absolute atomic E-state index is 10.5. The van der Waals surface area contributed by atoms with E-state index in [1.807, 2.05) is 0 Å². The van der Waals surface area contributed by atoms with Gasteiger partial charge >= 0.3 is 5.69 Å². The van der Waals surface area contributed by atoms with Crippen molar-refractivity contribution in [1.82, 2.24) is 0 Å². The Morgan fingerprint density at radius 1 is 1.58 bits per heavy atom. The van der Waals surface area contributed by atoms with E-state index in [-0.39, 0.29) is 10.6 Å². The zero-order chi connectivity index (χ0) is 9.14. The Hall–Kier alpha value is -1.10. The largest absolute Gasteiger partial charge is 0.496 e. The van der Waals surface area contributed by atoms with E-state index in [0.29, 0.717) is 10.2 Å². The van der Waals surface area contributed by atoms with Crippen molar-refractivity contribution < 1.29 is 14.9 Å². The summed E-state index contributed by atoms with van der Waals surface area (Å²) in [5, 5.41) is 8.62. The number of benzene rings is 1. The molecule has 0 spiro atoms. The molecule has 1 N–H and O–H groups in total. The number of methoxy groups -OCH3 is 1. The van der Waals surface area contributed by atoms with E-state index < -0.39 is 0 Å². The molecule has 4 nitrogen and oxygen atoms in total. The van der Waals surface area contributed by atoms with Gasteiger partial charge in [0.15, 0.2) is 0 Å². The molecular formula is C7H7BrNO3+. The second kappa shape index (κ2) is 3.53. The fraction of sp³-hybridized carbons (Fsp3) is 0.143. The van der Waals surface area contributed by atoms with Crippen molar-refractivity contribution in [3.63, 3.8) is 0 Å². The van der Waals surface area contributed by atoms with Gasteiger partial charge in [-0.05, 0) is 28.1 Å². The van der Waals surface area contributed by atoms with Crippen molar-refractivity contribution in [1.29, 1.82) is 0 Å². The van der Waals surface area contributed by atoms with Gasteiger partial charge in [0, 0.05) is 0 Å². The van der Waals surface area contributed by atoms with Crippen LogP contribution in [0.25, 0.3) is 0 Å². The summed E-state index contributed by atoms with van der Waals surface area (Å²) in [6.45, 7) is 0. The molecule has 5 heteroatoms. The molecule has 0 saturated carbocycles. The third kappa shape index (κ3) is 1.73. The Kier molecular flexibility index (Phi) is 2.65. The van der Waals surface area contributed by atoms with Gasteiger partial charge in [-0.25, -0.2) is 5.21 Å². The summed E-state index contributed by atoms with van der Waals surface area (Å²) < 4.78 is 5.38. The molecule has 0 fully saturated rings. The standard InChI is InChI=1S/C7H7BrNO3/c1-12-5-2-3-6(8)7(4-5)9(10)11/h2-4H,1H3,(H,10,11)/q+1. The molecule has 0 saturated heterocycles. The van der Waals surface area contributed by atoms with Gasteiger partial charge in [0.1, 0.15) is 5.75 Å². The summed E-state index contributed by atoms with van der Waals surface area (Å²) in [6.07, 6.45) is 0. The Labute approximate surface area is 77.4 Å². The van der Waals surface area contributed by atoms with E-state index in [1.165, 1.54) is 13.2 Å². The molecule has 0 amide bonds. The van der Waals surface area contributed by atoms with Crippen LogP contribution in [-0.2, 0) is 0 Å². The van der Waals surface area contributed by atoms with E-state index in [4.69, 9.17) is 9.94 Å². The molecular weight excluding hydrogens is 226 g/mol. The van der Waals surface area contributed by atoms with Crippen molar-refractivity contribution in [2.75, 3.05) is 7.11 Å². The summed E-state index contributed by atoms with van der Waals surface area (Å²) in [5.41, 5.74) is 0.120. The van der Waals surface area contributed by atoms with Crippen LogP contribution in [0.15, 0.2) is 22.7 Å². The van der Waals surface area contributed by atoms with Gasteiger partial charge in [0.2, 0.25) is 0 Å². The minimum Gasteiger partial charge on any atom is -0.496 e. The molecule has 12 heavy (non-hydrogen) atoms.